The molecule has 3 rings (SSSR count). The van der Waals surface area contributed by atoms with Crippen LogP contribution in [-0.4, -0.2) is 41.8 Å². The van der Waals surface area contributed by atoms with Gasteiger partial charge in [-0.2, -0.15) is 0 Å². The van der Waals surface area contributed by atoms with Crippen LogP contribution in [0.15, 0.2) is 36.4 Å². The van der Waals surface area contributed by atoms with E-state index in [1.165, 1.54) is 23.3 Å². The molecule has 0 amide bonds. The fraction of sp³-hybridized carbons (Fsp3) is 0.478. The minimum Gasteiger partial charge on any atom is -0.497 e. The molecule has 1 saturated heterocycles. The smallest absolute Gasteiger partial charge is 0.120 e. The Kier molecular flexibility index (Phi) is 7.14. The zero-order valence-corrected chi connectivity index (χ0v) is 17.8. The predicted molar refractivity (Wildman–Crippen MR) is 116 cm³/mol. The topological polar surface area (TPSA) is 44.7 Å². The van der Waals surface area contributed by atoms with E-state index in [1.54, 1.807) is 32.3 Å². The third kappa shape index (κ3) is 6.65. The summed E-state index contributed by atoms with van der Waals surface area (Å²) < 4.78 is 5.34. The average molecular weight is 399 g/mol. The minimum absolute atomic E-state index is 0.507. The van der Waals surface area contributed by atoms with Gasteiger partial charge in [0.1, 0.15) is 11.4 Å². The monoisotopic (exact) mass is 398 g/mol. The first kappa shape index (κ1) is 20.9. The third-order valence-electron chi connectivity index (χ3n) is 4.76. The second-order valence-electron chi connectivity index (χ2n) is 7.88. The highest BCUT2D eigenvalue weighted by molar-refractivity contribution is 7.12. The van der Waals surface area contributed by atoms with Crippen molar-refractivity contribution >= 4 is 11.3 Å². The number of hydrogen-bond donors (Lipinski definition) is 2. The van der Waals surface area contributed by atoms with E-state index in [-0.39, 0.29) is 0 Å². The Labute approximate surface area is 172 Å². The van der Waals surface area contributed by atoms with Gasteiger partial charge in [0.25, 0.3) is 0 Å². The maximum Gasteiger partial charge on any atom is 0.120 e. The van der Waals surface area contributed by atoms with Gasteiger partial charge in [0, 0.05) is 30.6 Å². The first-order valence-electron chi connectivity index (χ1n) is 9.84. The van der Waals surface area contributed by atoms with Crippen LogP contribution in [0.5, 0.6) is 5.75 Å². The second-order valence-corrected chi connectivity index (χ2v) is 9.05. The van der Waals surface area contributed by atoms with Crippen molar-refractivity contribution in [2.45, 2.75) is 51.4 Å². The van der Waals surface area contributed by atoms with Gasteiger partial charge < -0.3 is 15.2 Å². The fourth-order valence-corrected chi connectivity index (χ4v) is 4.21. The molecule has 2 heterocycles. The highest BCUT2D eigenvalue weighted by atomic mass is 32.1. The van der Waals surface area contributed by atoms with E-state index < -0.39 is 5.60 Å². The number of aliphatic hydroxyl groups is 1. The van der Waals surface area contributed by atoms with Crippen LogP contribution in [-0.2, 0) is 13.1 Å². The molecule has 2 aromatic rings. The lowest BCUT2D eigenvalue weighted by Gasteiger charge is -2.33. The van der Waals surface area contributed by atoms with Crippen molar-refractivity contribution in [3.63, 3.8) is 0 Å². The summed E-state index contributed by atoms with van der Waals surface area (Å²) in [6, 6.07) is 13.0. The van der Waals surface area contributed by atoms with Crippen molar-refractivity contribution in [3.05, 3.63) is 51.7 Å². The van der Waals surface area contributed by atoms with Crippen LogP contribution in [0.25, 0.3) is 0 Å². The van der Waals surface area contributed by atoms with Crippen LogP contribution in [0.4, 0.5) is 0 Å². The summed E-state index contributed by atoms with van der Waals surface area (Å²) in [5.74, 6) is 6.85. The summed E-state index contributed by atoms with van der Waals surface area (Å²) in [7, 11) is 1.71. The number of nitrogens with zero attached hydrogens (tertiary/aromatic N) is 1. The van der Waals surface area contributed by atoms with Crippen molar-refractivity contribution in [1.29, 1.82) is 0 Å². The van der Waals surface area contributed by atoms with Gasteiger partial charge in [0.05, 0.1) is 12.0 Å². The molecule has 1 fully saturated rings. The van der Waals surface area contributed by atoms with Gasteiger partial charge in [-0.15, -0.1) is 11.3 Å². The van der Waals surface area contributed by atoms with E-state index in [2.05, 4.69) is 46.3 Å². The number of piperidine rings is 1. The molecule has 1 aromatic heterocycles. The summed E-state index contributed by atoms with van der Waals surface area (Å²) >= 11 is 1.69. The quantitative estimate of drug-likeness (QED) is 0.730. The van der Waals surface area contributed by atoms with E-state index in [0.29, 0.717) is 6.04 Å². The molecule has 1 aliphatic heterocycles. The fourth-order valence-electron chi connectivity index (χ4n) is 3.39. The van der Waals surface area contributed by atoms with E-state index in [9.17, 15) is 5.11 Å². The summed E-state index contributed by atoms with van der Waals surface area (Å²) in [6.07, 6.45) is 2.43. The molecule has 1 aromatic carbocycles. The first-order valence-corrected chi connectivity index (χ1v) is 10.7. The third-order valence-corrected chi connectivity index (χ3v) is 5.76. The molecule has 0 bridgehead atoms. The number of nitrogens with one attached hydrogen (secondary N) is 1. The van der Waals surface area contributed by atoms with Gasteiger partial charge in [-0.3, -0.25) is 4.90 Å². The number of ether oxygens (including phenoxy) is 1. The van der Waals surface area contributed by atoms with Crippen LogP contribution in [0, 0.1) is 11.8 Å². The molecule has 28 heavy (non-hydrogen) atoms. The van der Waals surface area contributed by atoms with Gasteiger partial charge in [0.15, 0.2) is 0 Å². The minimum atomic E-state index is -0.948. The molecule has 0 aliphatic carbocycles. The summed E-state index contributed by atoms with van der Waals surface area (Å²) in [5, 5.41) is 13.4. The Morgan fingerprint density at radius 1 is 1.32 bits per heavy atom. The molecular weight excluding hydrogens is 368 g/mol. The lowest BCUT2D eigenvalue weighted by atomic mass is 10.0. The van der Waals surface area contributed by atoms with E-state index in [0.717, 1.165) is 36.8 Å². The molecule has 1 atom stereocenters. The molecule has 1 aliphatic rings. The Hall–Kier alpha value is -1.84. The van der Waals surface area contributed by atoms with E-state index in [4.69, 9.17) is 4.74 Å². The van der Waals surface area contributed by atoms with Crippen molar-refractivity contribution in [3.8, 4) is 17.6 Å². The number of methoxy groups -OCH3 is 1. The standard InChI is InChI=1S/C23H30N2O2S/c1-23(2,26)12-11-21-9-10-22(28-21)15-24-19-7-5-13-25(17-19)16-18-6-4-8-20(14-18)27-3/h4,6,8-10,14,19,24,26H,5,7,13,15-17H2,1-3H3. The lowest BCUT2D eigenvalue weighted by molar-refractivity contribution is 0.143. The molecule has 5 heteroatoms. The van der Waals surface area contributed by atoms with Gasteiger partial charge in [-0.05, 0) is 63.1 Å². The van der Waals surface area contributed by atoms with Crippen molar-refractivity contribution in [2.24, 2.45) is 0 Å². The highest BCUT2D eigenvalue weighted by Gasteiger charge is 2.19. The Balaban J connectivity index is 1.50. The summed E-state index contributed by atoms with van der Waals surface area (Å²) in [6.45, 7) is 7.45. The van der Waals surface area contributed by atoms with Crippen LogP contribution < -0.4 is 10.1 Å². The van der Waals surface area contributed by atoms with Gasteiger partial charge >= 0.3 is 0 Å². The number of hydrogen-bond acceptors (Lipinski definition) is 5. The number of thiophene rings is 1. The lowest BCUT2D eigenvalue weighted by Crippen LogP contribution is -2.44. The molecule has 0 saturated carbocycles. The van der Waals surface area contributed by atoms with Gasteiger partial charge in [-0.25, -0.2) is 0 Å². The zero-order valence-electron chi connectivity index (χ0n) is 17.0. The van der Waals surface area contributed by atoms with Crippen molar-refractivity contribution < 1.29 is 9.84 Å². The summed E-state index contributed by atoms with van der Waals surface area (Å²) in [4.78, 5) is 4.80. The van der Waals surface area contributed by atoms with Crippen LogP contribution >= 0.6 is 11.3 Å². The normalized spacial score (nSPS) is 17.8. The molecule has 150 valence electrons. The molecule has 0 radical (unpaired) electrons. The number of benzene rings is 1. The predicted octanol–water partition coefficient (Wildman–Crippen LogP) is 3.63. The van der Waals surface area contributed by atoms with Gasteiger partial charge in [-0.1, -0.05) is 24.0 Å². The van der Waals surface area contributed by atoms with Crippen LogP contribution in [0.2, 0.25) is 0 Å². The molecular formula is C23H30N2O2S. The summed E-state index contributed by atoms with van der Waals surface area (Å²) in [5.41, 5.74) is 0.352. The number of rotatable bonds is 6. The van der Waals surface area contributed by atoms with E-state index >= 15 is 0 Å². The van der Waals surface area contributed by atoms with Crippen LogP contribution in [0.1, 0.15) is 42.0 Å². The Bertz CT molecular complexity index is 829. The highest BCUT2D eigenvalue weighted by Crippen LogP contribution is 2.19. The second kappa shape index (κ2) is 9.58. The van der Waals surface area contributed by atoms with Crippen molar-refractivity contribution in [1.82, 2.24) is 10.2 Å². The molecule has 0 spiro atoms. The van der Waals surface area contributed by atoms with Crippen LogP contribution in [0.3, 0.4) is 0 Å². The first-order chi connectivity index (χ1) is 13.4. The molecule has 4 nitrogen and oxygen atoms in total. The molecule has 1 unspecified atom stereocenters. The molecule has 2 N–H and O–H groups in total. The average Bonchev–Trinajstić information content (AvgIpc) is 3.13. The number of likely N-dealkylation sites (tertiary alicyclic amines) is 1. The Morgan fingerprint density at radius 3 is 2.96 bits per heavy atom. The maximum absolute atomic E-state index is 9.73. The van der Waals surface area contributed by atoms with E-state index in [1.807, 2.05) is 12.1 Å². The maximum atomic E-state index is 9.73. The van der Waals surface area contributed by atoms with Crippen molar-refractivity contribution in [2.75, 3.05) is 20.2 Å². The Morgan fingerprint density at radius 2 is 2.18 bits per heavy atom. The zero-order chi connectivity index (χ0) is 20.0. The largest absolute Gasteiger partial charge is 0.497 e. The SMILES string of the molecule is COc1cccc(CN2CCCC(NCc3ccc(C#CC(C)(C)O)s3)C2)c1. The van der Waals surface area contributed by atoms with Gasteiger partial charge in [0.2, 0.25) is 0 Å².